The Bertz CT molecular complexity index is 563. The van der Waals surface area contributed by atoms with Crippen molar-refractivity contribution in [1.29, 1.82) is 0 Å². The summed E-state index contributed by atoms with van der Waals surface area (Å²) in [5, 5.41) is 6.06. The highest BCUT2D eigenvalue weighted by atomic mass is 127. The number of aliphatic imine (C=N–C) groups is 1. The van der Waals surface area contributed by atoms with Crippen LogP contribution in [0.4, 0.5) is 13.2 Å². The highest BCUT2D eigenvalue weighted by Crippen LogP contribution is 2.34. The zero-order chi connectivity index (χ0) is 20.0. The van der Waals surface area contributed by atoms with E-state index in [1.807, 2.05) is 6.92 Å². The number of hydrogen-bond acceptors (Lipinski definition) is 5. The molecule has 0 amide bonds. The Kier molecular flexibility index (Phi) is 14.8. The first-order valence-corrected chi connectivity index (χ1v) is 8.73. The Morgan fingerprint density at radius 1 is 1.18 bits per heavy atom. The van der Waals surface area contributed by atoms with E-state index >= 15 is 0 Å². The molecule has 0 bridgehead atoms. The molecule has 1 aromatic rings. The predicted molar refractivity (Wildman–Crippen MR) is 111 cm³/mol. The third-order valence-electron chi connectivity index (χ3n) is 3.20. The van der Waals surface area contributed by atoms with Gasteiger partial charge in [-0.15, -0.1) is 24.0 Å². The first kappa shape index (κ1) is 26.7. The maximum atomic E-state index is 12.9. The van der Waals surface area contributed by atoms with Crippen molar-refractivity contribution < 1.29 is 27.4 Å². The van der Waals surface area contributed by atoms with Gasteiger partial charge in [0.15, 0.2) is 5.96 Å². The quantitative estimate of drug-likeness (QED) is 0.191. The van der Waals surface area contributed by atoms with Crippen molar-refractivity contribution in [3.05, 3.63) is 23.9 Å². The lowest BCUT2D eigenvalue weighted by Crippen LogP contribution is -2.39. The molecule has 0 saturated heterocycles. The molecule has 0 aliphatic rings. The summed E-state index contributed by atoms with van der Waals surface area (Å²) in [6.45, 7) is 5.12. The molecular formula is C17H28F3IN4O3. The number of nitrogens with one attached hydrogen (secondary N) is 2. The molecule has 28 heavy (non-hydrogen) atoms. The van der Waals surface area contributed by atoms with Crippen LogP contribution in [0.1, 0.15) is 18.9 Å². The average Bonchev–Trinajstić information content (AvgIpc) is 2.64. The standard InChI is InChI=1S/C17H27F3N4O3.HI/c1-3-21-16(23-8-5-10-26-13-12-25-2)24-9-11-27-15-14(17(18,19)20)6-4-7-22-15;/h4,6-7H,3,5,8-13H2,1-2H3,(H2,21,23,24);1H. The van der Waals surface area contributed by atoms with Crippen LogP contribution < -0.4 is 15.4 Å². The topological polar surface area (TPSA) is 77.0 Å². The van der Waals surface area contributed by atoms with Gasteiger partial charge in [0.2, 0.25) is 5.88 Å². The smallest absolute Gasteiger partial charge is 0.421 e. The number of ether oxygens (including phenoxy) is 3. The molecule has 0 aromatic carbocycles. The van der Waals surface area contributed by atoms with Crippen LogP contribution in [0.5, 0.6) is 5.88 Å². The lowest BCUT2D eigenvalue weighted by Gasteiger charge is -2.14. The van der Waals surface area contributed by atoms with E-state index in [0.29, 0.717) is 38.9 Å². The number of pyridine rings is 1. The molecule has 0 aliphatic carbocycles. The van der Waals surface area contributed by atoms with Crippen molar-refractivity contribution in [2.75, 3.05) is 53.2 Å². The molecule has 0 radical (unpaired) electrons. The SMILES string of the molecule is CCNC(=NCCCOCCOC)NCCOc1ncccc1C(F)(F)F.I. The molecule has 11 heteroatoms. The Balaban J connectivity index is 0.00000729. The monoisotopic (exact) mass is 520 g/mol. The zero-order valence-corrected chi connectivity index (χ0v) is 18.4. The van der Waals surface area contributed by atoms with E-state index in [1.165, 1.54) is 12.3 Å². The van der Waals surface area contributed by atoms with Crippen LogP contribution in [-0.4, -0.2) is 64.1 Å². The van der Waals surface area contributed by atoms with Gasteiger partial charge in [-0.1, -0.05) is 0 Å². The third kappa shape index (κ3) is 11.5. The first-order chi connectivity index (χ1) is 13.0. The highest BCUT2D eigenvalue weighted by molar-refractivity contribution is 14.0. The molecule has 0 spiro atoms. The second kappa shape index (κ2) is 15.6. The van der Waals surface area contributed by atoms with Crippen LogP contribution >= 0.6 is 24.0 Å². The fraction of sp³-hybridized carbons (Fsp3) is 0.647. The van der Waals surface area contributed by atoms with Gasteiger partial charge in [-0.25, -0.2) is 4.98 Å². The minimum atomic E-state index is -4.50. The molecule has 7 nitrogen and oxygen atoms in total. The van der Waals surface area contributed by atoms with Gasteiger partial charge in [0, 0.05) is 33.0 Å². The van der Waals surface area contributed by atoms with Crippen LogP contribution in [0.25, 0.3) is 0 Å². The van der Waals surface area contributed by atoms with E-state index in [9.17, 15) is 13.2 Å². The van der Waals surface area contributed by atoms with Crippen LogP contribution in [0.3, 0.4) is 0 Å². The molecule has 0 unspecified atom stereocenters. The molecule has 0 aliphatic heterocycles. The van der Waals surface area contributed by atoms with Gasteiger partial charge in [0.1, 0.15) is 12.2 Å². The summed E-state index contributed by atoms with van der Waals surface area (Å²) in [4.78, 5) is 8.02. The number of alkyl halides is 3. The molecule has 1 heterocycles. The minimum Gasteiger partial charge on any atom is -0.475 e. The number of nitrogens with zero attached hydrogens (tertiary/aromatic N) is 2. The second-order valence-electron chi connectivity index (χ2n) is 5.35. The number of hydrogen-bond donors (Lipinski definition) is 2. The fourth-order valence-electron chi connectivity index (χ4n) is 1.98. The number of rotatable bonds is 12. The van der Waals surface area contributed by atoms with Gasteiger partial charge in [-0.2, -0.15) is 13.2 Å². The summed E-state index contributed by atoms with van der Waals surface area (Å²) in [7, 11) is 1.61. The summed E-state index contributed by atoms with van der Waals surface area (Å²) in [6, 6.07) is 2.17. The molecule has 0 saturated carbocycles. The summed E-state index contributed by atoms with van der Waals surface area (Å²) >= 11 is 0. The molecular weight excluding hydrogens is 492 g/mol. The Hall–Kier alpha value is -1.34. The number of aromatic nitrogens is 1. The molecule has 1 aromatic heterocycles. The van der Waals surface area contributed by atoms with Crippen molar-refractivity contribution in [2.24, 2.45) is 4.99 Å². The predicted octanol–water partition coefficient (Wildman–Crippen LogP) is 2.71. The molecule has 0 atom stereocenters. The second-order valence-corrected chi connectivity index (χ2v) is 5.35. The average molecular weight is 520 g/mol. The lowest BCUT2D eigenvalue weighted by molar-refractivity contribution is -0.139. The fourth-order valence-corrected chi connectivity index (χ4v) is 1.98. The third-order valence-corrected chi connectivity index (χ3v) is 3.20. The summed E-state index contributed by atoms with van der Waals surface area (Å²) < 4.78 is 54.0. The van der Waals surface area contributed by atoms with Crippen LogP contribution in [0, 0.1) is 0 Å². The maximum Gasteiger partial charge on any atom is 0.421 e. The van der Waals surface area contributed by atoms with E-state index in [4.69, 9.17) is 14.2 Å². The summed E-state index contributed by atoms with van der Waals surface area (Å²) in [5.74, 6) is 0.136. The Morgan fingerprint density at radius 2 is 1.96 bits per heavy atom. The van der Waals surface area contributed by atoms with Crippen molar-refractivity contribution in [1.82, 2.24) is 15.6 Å². The van der Waals surface area contributed by atoms with Crippen molar-refractivity contribution in [3.8, 4) is 5.88 Å². The normalized spacial score (nSPS) is 11.7. The lowest BCUT2D eigenvalue weighted by atomic mass is 10.2. The van der Waals surface area contributed by atoms with Crippen LogP contribution in [0.15, 0.2) is 23.3 Å². The van der Waals surface area contributed by atoms with Crippen LogP contribution in [0.2, 0.25) is 0 Å². The maximum absolute atomic E-state index is 12.9. The van der Waals surface area contributed by atoms with Gasteiger partial charge in [-0.3, -0.25) is 4.99 Å². The van der Waals surface area contributed by atoms with E-state index < -0.39 is 17.6 Å². The van der Waals surface area contributed by atoms with E-state index in [1.54, 1.807) is 7.11 Å². The minimum absolute atomic E-state index is 0. The highest BCUT2D eigenvalue weighted by Gasteiger charge is 2.34. The van der Waals surface area contributed by atoms with E-state index in [0.717, 1.165) is 12.5 Å². The van der Waals surface area contributed by atoms with E-state index in [2.05, 4.69) is 20.6 Å². The van der Waals surface area contributed by atoms with Crippen molar-refractivity contribution in [3.63, 3.8) is 0 Å². The number of methoxy groups -OCH3 is 1. The van der Waals surface area contributed by atoms with Gasteiger partial charge < -0.3 is 24.8 Å². The van der Waals surface area contributed by atoms with Crippen molar-refractivity contribution >= 4 is 29.9 Å². The zero-order valence-electron chi connectivity index (χ0n) is 16.1. The summed E-state index contributed by atoms with van der Waals surface area (Å²) in [5.41, 5.74) is -0.890. The van der Waals surface area contributed by atoms with Crippen molar-refractivity contribution in [2.45, 2.75) is 19.5 Å². The largest absolute Gasteiger partial charge is 0.475 e. The molecule has 2 N–H and O–H groups in total. The van der Waals surface area contributed by atoms with Gasteiger partial charge in [-0.05, 0) is 25.5 Å². The van der Waals surface area contributed by atoms with Gasteiger partial charge >= 0.3 is 6.18 Å². The molecule has 1 rings (SSSR count). The van der Waals surface area contributed by atoms with Gasteiger partial charge in [0.25, 0.3) is 0 Å². The van der Waals surface area contributed by atoms with E-state index in [-0.39, 0.29) is 37.1 Å². The Labute approximate surface area is 180 Å². The Morgan fingerprint density at radius 3 is 2.64 bits per heavy atom. The molecule has 162 valence electrons. The number of guanidine groups is 1. The molecule has 0 fully saturated rings. The van der Waals surface area contributed by atoms with Crippen LogP contribution in [-0.2, 0) is 15.7 Å². The van der Waals surface area contributed by atoms with Gasteiger partial charge in [0.05, 0.1) is 19.8 Å². The first-order valence-electron chi connectivity index (χ1n) is 8.73. The number of halogens is 4. The summed E-state index contributed by atoms with van der Waals surface area (Å²) in [6.07, 6.45) is -2.49.